The summed E-state index contributed by atoms with van der Waals surface area (Å²) in [6, 6.07) is 7.51. The molecule has 1 amide bonds. The molecule has 1 heterocycles. The monoisotopic (exact) mass is 273 g/mol. The number of carbonyl (C=O) groups excluding carboxylic acids is 1. The number of aliphatic carboxylic acids is 1. The summed E-state index contributed by atoms with van der Waals surface area (Å²) in [5, 5.41) is 8.85. The van der Waals surface area contributed by atoms with Crippen molar-refractivity contribution in [2.75, 3.05) is 19.7 Å². The zero-order valence-electron chi connectivity index (χ0n) is 10.9. The third kappa shape index (κ3) is 2.98. The van der Waals surface area contributed by atoms with E-state index in [0.29, 0.717) is 6.61 Å². The lowest BCUT2D eigenvalue weighted by Crippen LogP contribution is -2.41. The number of carbonyl (C=O) groups is 2. The number of fused-ring (bicyclic) bond motifs is 1. The maximum absolute atomic E-state index is 12.4. The first-order valence-electron chi connectivity index (χ1n) is 6.27. The van der Waals surface area contributed by atoms with E-state index in [4.69, 9.17) is 16.3 Å². The first kappa shape index (κ1) is 14.1. The van der Waals surface area contributed by atoms with Crippen LogP contribution in [0.1, 0.15) is 17.2 Å². The van der Waals surface area contributed by atoms with E-state index in [-0.39, 0.29) is 6.54 Å². The van der Waals surface area contributed by atoms with Gasteiger partial charge in [0.15, 0.2) is 6.10 Å². The van der Waals surface area contributed by atoms with E-state index in [1.807, 2.05) is 24.3 Å². The van der Waals surface area contributed by atoms with E-state index in [1.54, 1.807) is 0 Å². The van der Waals surface area contributed by atoms with Gasteiger partial charge in [-0.25, -0.2) is 0 Å². The van der Waals surface area contributed by atoms with Gasteiger partial charge in [0.05, 0.1) is 13.2 Å². The van der Waals surface area contributed by atoms with Gasteiger partial charge in [-0.1, -0.05) is 30.2 Å². The minimum absolute atomic E-state index is 0.0485. The van der Waals surface area contributed by atoms with Crippen LogP contribution in [0.5, 0.6) is 0 Å². The Morgan fingerprint density at radius 1 is 1.45 bits per heavy atom. The lowest BCUT2D eigenvalue weighted by molar-refractivity contribution is -0.151. The molecule has 2 rings (SSSR count). The smallest absolute Gasteiger partial charge is 0.323 e. The summed E-state index contributed by atoms with van der Waals surface area (Å²) in [4.78, 5) is 24.4. The zero-order chi connectivity index (χ0) is 14.5. The maximum Gasteiger partial charge on any atom is 0.323 e. The highest BCUT2D eigenvalue weighted by molar-refractivity contribution is 5.86. The summed E-state index contributed by atoms with van der Waals surface area (Å²) in [5.74, 6) is 0.799. The molecule has 0 saturated heterocycles. The summed E-state index contributed by atoms with van der Waals surface area (Å²) >= 11 is 0. The van der Waals surface area contributed by atoms with Gasteiger partial charge in [0.1, 0.15) is 6.54 Å². The largest absolute Gasteiger partial charge is 0.480 e. The van der Waals surface area contributed by atoms with Crippen LogP contribution in [-0.4, -0.2) is 41.6 Å². The molecule has 1 aliphatic heterocycles. The lowest BCUT2D eigenvalue weighted by atomic mass is 9.97. The van der Waals surface area contributed by atoms with Crippen molar-refractivity contribution in [2.24, 2.45) is 0 Å². The highest BCUT2D eigenvalue weighted by atomic mass is 16.5. The van der Waals surface area contributed by atoms with Crippen molar-refractivity contribution in [1.29, 1.82) is 0 Å². The molecular formula is C15H15NO4. The predicted octanol–water partition coefficient (Wildman–Crippen LogP) is 0.847. The normalized spacial score (nSPS) is 16.9. The van der Waals surface area contributed by atoms with Crippen molar-refractivity contribution in [3.63, 3.8) is 0 Å². The molecule has 5 nitrogen and oxygen atoms in total. The van der Waals surface area contributed by atoms with Crippen LogP contribution in [0.3, 0.4) is 0 Å². The van der Waals surface area contributed by atoms with Gasteiger partial charge in [0, 0.05) is 0 Å². The number of amides is 1. The van der Waals surface area contributed by atoms with Crippen LogP contribution in [0, 0.1) is 12.3 Å². The Balaban J connectivity index is 2.24. The second-order valence-electron chi connectivity index (χ2n) is 4.49. The number of carboxylic acids is 1. The van der Waals surface area contributed by atoms with Gasteiger partial charge in [0.25, 0.3) is 5.91 Å². The number of hydrogen-bond acceptors (Lipinski definition) is 3. The molecule has 1 aromatic rings. The van der Waals surface area contributed by atoms with Crippen molar-refractivity contribution < 1.29 is 19.4 Å². The highest BCUT2D eigenvalue weighted by Crippen LogP contribution is 2.28. The van der Waals surface area contributed by atoms with Crippen molar-refractivity contribution >= 4 is 11.9 Å². The van der Waals surface area contributed by atoms with Crippen LogP contribution >= 0.6 is 0 Å². The molecule has 5 heteroatoms. The van der Waals surface area contributed by atoms with Crippen LogP contribution in [-0.2, 0) is 20.7 Å². The zero-order valence-corrected chi connectivity index (χ0v) is 10.9. The van der Waals surface area contributed by atoms with Gasteiger partial charge in [0.2, 0.25) is 0 Å². The number of benzene rings is 1. The summed E-state index contributed by atoms with van der Waals surface area (Å²) in [6.07, 6.45) is 5.16. The number of hydrogen-bond donors (Lipinski definition) is 1. The van der Waals surface area contributed by atoms with Crippen LogP contribution in [0.2, 0.25) is 0 Å². The van der Waals surface area contributed by atoms with Gasteiger partial charge in [-0.15, -0.1) is 6.42 Å². The summed E-state index contributed by atoms with van der Waals surface area (Å²) in [6.45, 7) is -0.0391. The SMILES string of the molecule is C#CCN(CC(=O)O)C(=O)C1OCCc2ccccc21. The molecule has 1 aromatic carbocycles. The summed E-state index contributed by atoms with van der Waals surface area (Å²) < 4.78 is 5.52. The molecule has 0 aliphatic carbocycles. The highest BCUT2D eigenvalue weighted by Gasteiger charge is 2.31. The first-order valence-corrected chi connectivity index (χ1v) is 6.27. The van der Waals surface area contributed by atoms with Crippen LogP contribution in [0.4, 0.5) is 0 Å². The van der Waals surface area contributed by atoms with Crippen LogP contribution in [0.25, 0.3) is 0 Å². The molecular weight excluding hydrogens is 258 g/mol. The van der Waals surface area contributed by atoms with Crippen molar-refractivity contribution in [3.05, 3.63) is 35.4 Å². The molecule has 0 spiro atoms. The summed E-state index contributed by atoms with van der Waals surface area (Å²) in [5.41, 5.74) is 1.84. The van der Waals surface area contributed by atoms with E-state index < -0.39 is 24.5 Å². The number of nitrogens with zero attached hydrogens (tertiary/aromatic N) is 1. The van der Waals surface area contributed by atoms with Gasteiger partial charge < -0.3 is 14.7 Å². The van der Waals surface area contributed by atoms with E-state index in [0.717, 1.165) is 22.4 Å². The fourth-order valence-electron chi connectivity index (χ4n) is 2.25. The Kier molecular flexibility index (Phi) is 4.38. The van der Waals surface area contributed by atoms with E-state index in [2.05, 4.69) is 5.92 Å². The number of carboxylic acid groups (broad SMARTS) is 1. The van der Waals surface area contributed by atoms with Gasteiger partial charge in [-0.2, -0.15) is 0 Å². The number of rotatable bonds is 4. The van der Waals surface area contributed by atoms with E-state index in [9.17, 15) is 9.59 Å². The Morgan fingerprint density at radius 2 is 2.20 bits per heavy atom. The number of terminal acetylenes is 1. The molecule has 104 valence electrons. The Hall–Kier alpha value is -2.32. The fraction of sp³-hybridized carbons (Fsp3) is 0.333. The van der Waals surface area contributed by atoms with Gasteiger partial charge >= 0.3 is 5.97 Å². The van der Waals surface area contributed by atoms with Crippen molar-refractivity contribution in [2.45, 2.75) is 12.5 Å². The lowest BCUT2D eigenvalue weighted by Gasteiger charge is -2.29. The second-order valence-corrected chi connectivity index (χ2v) is 4.49. The minimum atomic E-state index is -1.10. The predicted molar refractivity (Wildman–Crippen MR) is 71.9 cm³/mol. The second kappa shape index (κ2) is 6.22. The van der Waals surface area contributed by atoms with Gasteiger partial charge in [-0.3, -0.25) is 9.59 Å². The summed E-state index contributed by atoms with van der Waals surface area (Å²) in [7, 11) is 0. The van der Waals surface area contributed by atoms with Crippen molar-refractivity contribution in [3.8, 4) is 12.3 Å². The number of ether oxygens (including phenoxy) is 1. The first-order chi connectivity index (χ1) is 9.63. The van der Waals surface area contributed by atoms with E-state index >= 15 is 0 Å². The molecule has 1 aliphatic rings. The molecule has 0 fully saturated rings. The molecule has 0 saturated carbocycles. The van der Waals surface area contributed by atoms with Gasteiger partial charge in [-0.05, 0) is 17.5 Å². The Morgan fingerprint density at radius 3 is 2.90 bits per heavy atom. The molecule has 1 unspecified atom stereocenters. The standard InChI is InChI=1S/C15H15NO4/c1-2-8-16(10-13(17)18)15(19)14-12-6-4-3-5-11(12)7-9-20-14/h1,3-6,14H,7-10H2,(H,17,18). The minimum Gasteiger partial charge on any atom is -0.480 e. The average Bonchev–Trinajstić information content (AvgIpc) is 2.45. The molecule has 0 radical (unpaired) electrons. The third-order valence-electron chi connectivity index (χ3n) is 3.14. The maximum atomic E-state index is 12.4. The third-order valence-corrected chi connectivity index (χ3v) is 3.14. The average molecular weight is 273 g/mol. The topological polar surface area (TPSA) is 66.8 Å². The fourth-order valence-corrected chi connectivity index (χ4v) is 2.25. The van der Waals surface area contributed by atoms with E-state index in [1.165, 1.54) is 0 Å². The molecule has 20 heavy (non-hydrogen) atoms. The molecule has 0 aromatic heterocycles. The quantitative estimate of drug-likeness (QED) is 0.826. The molecule has 0 bridgehead atoms. The molecule has 1 atom stereocenters. The Labute approximate surface area is 117 Å². The van der Waals surface area contributed by atoms with Crippen LogP contribution < -0.4 is 0 Å². The van der Waals surface area contributed by atoms with Crippen molar-refractivity contribution in [1.82, 2.24) is 4.90 Å². The molecule has 1 N–H and O–H groups in total. The Bertz CT molecular complexity index is 561. The van der Waals surface area contributed by atoms with Crippen LogP contribution in [0.15, 0.2) is 24.3 Å².